The fourth-order valence-electron chi connectivity index (χ4n) is 1.72. The van der Waals surface area contributed by atoms with Gasteiger partial charge >= 0.3 is 0 Å². The Morgan fingerprint density at radius 2 is 2.24 bits per heavy atom. The van der Waals surface area contributed by atoms with Gasteiger partial charge in [0.1, 0.15) is 10.4 Å². The van der Waals surface area contributed by atoms with E-state index < -0.39 is 0 Å². The summed E-state index contributed by atoms with van der Waals surface area (Å²) in [4.78, 5) is 15.9. The van der Waals surface area contributed by atoms with Crippen LogP contribution in [-0.2, 0) is 4.79 Å². The van der Waals surface area contributed by atoms with Crippen LogP contribution in [0.1, 0.15) is 12.0 Å². The molecule has 2 aromatic rings. The second kappa shape index (κ2) is 7.08. The van der Waals surface area contributed by atoms with Crippen molar-refractivity contribution in [3.05, 3.63) is 46.7 Å². The van der Waals surface area contributed by atoms with Gasteiger partial charge in [-0.15, -0.1) is 0 Å². The predicted molar refractivity (Wildman–Crippen MR) is 86.3 cm³/mol. The van der Waals surface area contributed by atoms with Gasteiger partial charge in [0.2, 0.25) is 5.91 Å². The largest absolute Gasteiger partial charge is 0.493 e. The first kappa shape index (κ1) is 15.3. The highest BCUT2D eigenvalue weighted by molar-refractivity contribution is 9.10. The third-order valence-corrected chi connectivity index (χ3v) is 3.58. The van der Waals surface area contributed by atoms with Crippen LogP contribution in [0.4, 0.5) is 11.4 Å². The van der Waals surface area contributed by atoms with Gasteiger partial charge in [-0.25, -0.2) is 4.98 Å². The Balaban J connectivity index is 1.81. The number of carbonyl (C=O) groups is 1. The van der Waals surface area contributed by atoms with Gasteiger partial charge < -0.3 is 15.8 Å². The highest BCUT2D eigenvalue weighted by atomic mass is 79.9. The van der Waals surface area contributed by atoms with Crippen LogP contribution in [0.25, 0.3) is 0 Å². The maximum Gasteiger partial charge on any atom is 0.227 e. The summed E-state index contributed by atoms with van der Waals surface area (Å²) in [6, 6.07) is 8.97. The van der Waals surface area contributed by atoms with Crippen molar-refractivity contribution in [2.45, 2.75) is 13.3 Å². The molecular formula is C15H16BrN3O2. The van der Waals surface area contributed by atoms with E-state index in [1.165, 1.54) is 0 Å². The van der Waals surface area contributed by atoms with Crippen molar-refractivity contribution in [2.75, 3.05) is 17.7 Å². The maximum absolute atomic E-state index is 11.8. The average Bonchev–Trinajstić information content (AvgIpc) is 2.43. The van der Waals surface area contributed by atoms with Crippen molar-refractivity contribution in [3.8, 4) is 5.75 Å². The van der Waals surface area contributed by atoms with E-state index in [1.807, 2.05) is 13.0 Å². The predicted octanol–water partition coefficient (Wildman–Crippen LogP) is 3.14. The molecule has 0 saturated heterocycles. The zero-order valence-corrected chi connectivity index (χ0v) is 13.2. The molecule has 0 aliphatic rings. The number of nitrogen functional groups attached to an aromatic ring is 1. The molecular weight excluding hydrogens is 334 g/mol. The van der Waals surface area contributed by atoms with Crippen molar-refractivity contribution in [3.63, 3.8) is 0 Å². The molecule has 0 atom stereocenters. The van der Waals surface area contributed by atoms with Crippen molar-refractivity contribution in [1.82, 2.24) is 4.98 Å². The highest BCUT2D eigenvalue weighted by Crippen LogP contribution is 2.17. The van der Waals surface area contributed by atoms with Crippen LogP contribution in [0.15, 0.2) is 41.1 Å². The lowest BCUT2D eigenvalue weighted by molar-refractivity contribution is -0.116. The molecule has 1 heterocycles. The number of hydrogen-bond donors (Lipinski definition) is 2. The molecule has 0 fully saturated rings. The number of hydrogen-bond acceptors (Lipinski definition) is 4. The molecule has 3 N–H and O–H groups in total. The molecule has 0 unspecified atom stereocenters. The van der Waals surface area contributed by atoms with E-state index >= 15 is 0 Å². The van der Waals surface area contributed by atoms with Gasteiger partial charge in [0.15, 0.2) is 0 Å². The summed E-state index contributed by atoms with van der Waals surface area (Å²) in [5, 5.41) is 2.78. The molecule has 0 aliphatic carbocycles. The Morgan fingerprint density at radius 1 is 1.43 bits per heavy atom. The second-order valence-electron chi connectivity index (χ2n) is 4.55. The van der Waals surface area contributed by atoms with Crippen LogP contribution in [0.2, 0.25) is 0 Å². The summed E-state index contributed by atoms with van der Waals surface area (Å²) < 4.78 is 6.24. The number of aryl methyl sites for hydroxylation is 1. The van der Waals surface area contributed by atoms with Crippen molar-refractivity contribution >= 4 is 33.2 Å². The van der Waals surface area contributed by atoms with Gasteiger partial charge in [0.25, 0.3) is 0 Å². The fourth-order valence-corrected chi connectivity index (χ4v) is 1.93. The van der Waals surface area contributed by atoms with E-state index in [-0.39, 0.29) is 18.9 Å². The average molecular weight is 350 g/mol. The monoisotopic (exact) mass is 349 g/mol. The van der Waals surface area contributed by atoms with Gasteiger partial charge in [-0.2, -0.15) is 0 Å². The second-order valence-corrected chi connectivity index (χ2v) is 5.30. The lowest BCUT2D eigenvalue weighted by Crippen LogP contribution is -2.15. The standard InChI is InChI=1S/C15H16BrN3O2/c1-10-7-12(9-18-15(10)16)19-14(20)5-6-21-13-4-2-3-11(17)8-13/h2-4,7-9H,5-6,17H2,1H3,(H,19,20). The highest BCUT2D eigenvalue weighted by Gasteiger charge is 2.05. The molecule has 0 aliphatic heterocycles. The van der Waals surface area contributed by atoms with Crippen LogP contribution in [0, 0.1) is 6.92 Å². The first-order chi connectivity index (χ1) is 10.0. The Hall–Kier alpha value is -2.08. The first-order valence-electron chi connectivity index (χ1n) is 6.45. The number of nitrogens with zero attached hydrogens (tertiary/aromatic N) is 1. The summed E-state index contributed by atoms with van der Waals surface area (Å²) in [6.45, 7) is 2.20. The minimum Gasteiger partial charge on any atom is -0.493 e. The number of nitrogens with one attached hydrogen (secondary N) is 1. The van der Waals surface area contributed by atoms with E-state index in [0.29, 0.717) is 17.1 Å². The van der Waals surface area contributed by atoms with Crippen LogP contribution in [-0.4, -0.2) is 17.5 Å². The maximum atomic E-state index is 11.8. The van der Waals surface area contributed by atoms with E-state index in [9.17, 15) is 4.79 Å². The molecule has 6 heteroatoms. The van der Waals surface area contributed by atoms with Crippen LogP contribution in [0.5, 0.6) is 5.75 Å². The van der Waals surface area contributed by atoms with Gasteiger partial charge in [-0.1, -0.05) is 6.07 Å². The molecule has 1 aromatic carbocycles. The molecule has 1 aromatic heterocycles. The van der Waals surface area contributed by atoms with Crippen LogP contribution < -0.4 is 15.8 Å². The number of amides is 1. The Morgan fingerprint density at radius 3 is 2.95 bits per heavy atom. The number of carbonyl (C=O) groups excluding carboxylic acids is 1. The minimum atomic E-state index is -0.123. The summed E-state index contributed by atoms with van der Waals surface area (Å²) in [6.07, 6.45) is 1.86. The summed E-state index contributed by atoms with van der Waals surface area (Å²) in [5.74, 6) is 0.534. The van der Waals surface area contributed by atoms with Crippen LogP contribution in [0.3, 0.4) is 0 Å². The molecule has 21 heavy (non-hydrogen) atoms. The number of pyridine rings is 1. The molecule has 1 amide bonds. The number of benzene rings is 1. The van der Waals surface area contributed by atoms with Gasteiger partial charge in [0.05, 0.1) is 24.9 Å². The Labute approximate surface area is 131 Å². The number of anilines is 2. The molecule has 0 radical (unpaired) electrons. The topological polar surface area (TPSA) is 77.2 Å². The van der Waals surface area contributed by atoms with Crippen LogP contribution >= 0.6 is 15.9 Å². The SMILES string of the molecule is Cc1cc(NC(=O)CCOc2cccc(N)c2)cnc1Br. The smallest absolute Gasteiger partial charge is 0.227 e. The molecule has 2 rings (SSSR count). The Bertz CT molecular complexity index is 647. The Kier molecular flexibility index (Phi) is 5.16. The van der Waals surface area contributed by atoms with E-state index in [1.54, 1.807) is 30.5 Å². The third kappa shape index (κ3) is 4.75. The molecule has 0 spiro atoms. The number of aromatic nitrogens is 1. The lowest BCUT2D eigenvalue weighted by atomic mass is 10.3. The lowest BCUT2D eigenvalue weighted by Gasteiger charge is -2.08. The zero-order chi connectivity index (χ0) is 15.2. The molecule has 5 nitrogen and oxygen atoms in total. The van der Waals surface area contributed by atoms with Crippen molar-refractivity contribution in [1.29, 1.82) is 0 Å². The van der Waals surface area contributed by atoms with Gasteiger partial charge in [0, 0.05) is 11.8 Å². The van der Waals surface area contributed by atoms with Crippen molar-refractivity contribution < 1.29 is 9.53 Å². The quantitative estimate of drug-likeness (QED) is 0.642. The number of halogens is 1. The zero-order valence-electron chi connectivity index (χ0n) is 11.6. The minimum absolute atomic E-state index is 0.123. The summed E-state index contributed by atoms with van der Waals surface area (Å²) in [5.41, 5.74) is 7.91. The third-order valence-electron chi connectivity index (χ3n) is 2.75. The van der Waals surface area contributed by atoms with E-state index in [4.69, 9.17) is 10.5 Å². The molecule has 110 valence electrons. The van der Waals surface area contributed by atoms with Gasteiger partial charge in [-0.05, 0) is 46.6 Å². The van der Waals surface area contributed by atoms with E-state index in [2.05, 4.69) is 26.2 Å². The molecule has 0 bridgehead atoms. The number of rotatable bonds is 5. The normalized spacial score (nSPS) is 10.2. The van der Waals surface area contributed by atoms with Crippen molar-refractivity contribution in [2.24, 2.45) is 0 Å². The molecule has 0 saturated carbocycles. The summed E-state index contributed by atoms with van der Waals surface area (Å²) in [7, 11) is 0. The van der Waals surface area contributed by atoms with Gasteiger partial charge in [-0.3, -0.25) is 4.79 Å². The van der Waals surface area contributed by atoms with E-state index in [0.717, 1.165) is 10.2 Å². The number of nitrogens with two attached hydrogens (primary N) is 1. The fraction of sp³-hybridized carbons (Fsp3) is 0.200. The first-order valence-corrected chi connectivity index (χ1v) is 7.24. The summed E-state index contributed by atoms with van der Waals surface area (Å²) >= 11 is 3.32. The number of ether oxygens (including phenoxy) is 1.